The van der Waals surface area contributed by atoms with Gasteiger partial charge in [-0.3, -0.25) is 8.98 Å². The molecule has 9 nitrogen and oxygen atoms in total. The minimum Gasteiger partial charge on any atom is -0.468 e. The predicted molar refractivity (Wildman–Crippen MR) is 75.8 cm³/mol. The summed E-state index contributed by atoms with van der Waals surface area (Å²) in [5, 5.41) is 0. The van der Waals surface area contributed by atoms with Crippen LogP contribution < -0.4 is 0 Å². The SMILES string of the molecule is C=CC(=O)OCC(=O)OC1C2CC3OS(=O)(=O)C1(C(=O)OC)C3C2. The minimum atomic E-state index is -4.31. The van der Waals surface area contributed by atoms with Crippen LogP contribution in [0.1, 0.15) is 12.8 Å². The summed E-state index contributed by atoms with van der Waals surface area (Å²) in [6.07, 6.45) is -0.210. The lowest BCUT2D eigenvalue weighted by atomic mass is 9.83. The normalized spacial score (nSPS) is 37.7. The molecule has 2 bridgehead atoms. The second-order valence-electron chi connectivity index (χ2n) is 5.93. The van der Waals surface area contributed by atoms with E-state index in [0.29, 0.717) is 12.8 Å². The monoisotopic (exact) mass is 360 g/mol. The molecule has 0 spiro atoms. The molecular formula is C14H16O9S. The first-order chi connectivity index (χ1) is 11.3. The summed E-state index contributed by atoms with van der Waals surface area (Å²) in [7, 11) is -3.24. The standard InChI is InChI=1S/C14H16O9S/c1-3-10(15)21-6-11(16)22-12-7-4-8-9(5-7)23-24(18,19)14(8,12)13(17)20-2/h3,7-9,12H,1,4-6H2,2H3. The van der Waals surface area contributed by atoms with E-state index in [1.807, 2.05) is 0 Å². The molecule has 3 aliphatic rings. The summed E-state index contributed by atoms with van der Waals surface area (Å²) in [6, 6.07) is 0. The molecule has 24 heavy (non-hydrogen) atoms. The number of hydrogen-bond acceptors (Lipinski definition) is 9. The van der Waals surface area contributed by atoms with Crippen LogP contribution in [0.5, 0.6) is 0 Å². The van der Waals surface area contributed by atoms with Gasteiger partial charge in [-0.05, 0) is 12.8 Å². The maximum absolute atomic E-state index is 12.5. The molecule has 3 rings (SSSR count). The van der Waals surface area contributed by atoms with E-state index in [2.05, 4.69) is 16.1 Å². The average Bonchev–Trinajstić information content (AvgIpc) is 3.11. The van der Waals surface area contributed by atoms with Crippen molar-refractivity contribution in [1.29, 1.82) is 0 Å². The molecule has 0 radical (unpaired) electrons. The highest BCUT2D eigenvalue weighted by Gasteiger charge is 2.80. The zero-order valence-corrected chi connectivity index (χ0v) is 13.6. The van der Waals surface area contributed by atoms with Crippen LogP contribution in [0.4, 0.5) is 0 Å². The fraction of sp³-hybridized carbons (Fsp3) is 0.643. The maximum atomic E-state index is 12.5. The summed E-state index contributed by atoms with van der Waals surface area (Å²) in [6.45, 7) is 2.48. The molecule has 1 aliphatic heterocycles. The van der Waals surface area contributed by atoms with Gasteiger partial charge in [-0.2, -0.15) is 8.42 Å². The number of hydrogen-bond donors (Lipinski definition) is 0. The van der Waals surface area contributed by atoms with Crippen molar-refractivity contribution >= 4 is 28.0 Å². The fourth-order valence-electron chi connectivity index (χ4n) is 4.05. The molecule has 3 fully saturated rings. The van der Waals surface area contributed by atoms with Gasteiger partial charge in [0, 0.05) is 17.9 Å². The molecule has 10 heteroatoms. The molecule has 0 N–H and O–H groups in total. The summed E-state index contributed by atoms with van der Waals surface area (Å²) >= 11 is 0. The fourth-order valence-corrected chi connectivity index (χ4v) is 6.18. The predicted octanol–water partition coefficient (Wildman–Crippen LogP) is -0.692. The van der Waals surface area contributed by atoms with Gasteiger partial charge in [0.15, 0.2) is 6.61 Å². The van der Waals surface area contributed by atoms with Crippen LogP contribution in [0.25, 0.3) is 0 Å². The quantitative estimate of drug-likeness (QED) is 0.271. The minimum absolute atomic E-state index is 0.338. The number of esters is 3. The topological polar surface area (TPSA) is 122 Å². The van der Waals surface area contributed by atoms with E-state index >= 15 is 0 Å². The Morgan fingerprint density at radius 1 is 1.33 bits per heavy atom. The molecule has 0 amide bonds. The van der Waals surface area contributed by atoms with Crippen LogP contribution in [0.15, 0.2) is 12.7 Å². The van der Waals surface area contributed by atoms with Crippen LogP contribution in [-0.4, -0.2) is 57.0 Å². The number of methoxy groups -OCH3 is 1. The molecule has 5 atom stereocenters. The van der Waals surface area contributed by atoms with Gasteiger partial charge in [0.25, 0.3) is 10.1 Å². The highest BCUT2D eigenvalue weighted by Crippen LogP contribution is 2.62. The van der Waals surface area contributed by atoms with Crippen LogP contribution in [0.2, 0.25) is 0 Å². The molecule has 0 aromatic rings. The van der Waals surface area contributed by atoms with Crippen LogP contribution in [0.3, 0.4) is 0 Å². The molecule has 2 saturated carbocycles. The molecule has 5 unspecified atom stereocenters. The smallest absolute Gasteiger partial charge is 0.344 e. The zero-order valence-electron chi connectivity index (χ0n) is 12.8. The first kappa shape index (κ1) is 16.9. The van der Waals surface area contributed by atoms with E-state index in [9.17, 15) is 22.8 Å². The van der Waals surface area contributed by atoms with Crippen molar-refractivity contribution < 1.29 is 41.2 Å². The lowest BCUT2D eigenvalue weighted by Gasteiger charge is -2.33. The molecular weight excluding hydrogens is 344 g/mol. The van der Waals surface area contributed by atoms with Gasteiger partial charge in [-0.25, -0.2) is 9.59 Å². The van der Waals surface area contributed by atoms with Gasteiger partial charge >= 0.3 is 17.9 Å². The molecule has 2 aliphatic carbocycles. The van der Waals surface area contributed by atoms with Crippen molar-refractivity contribution in [3.05, 3.63) is 12.7 Å². The number of rotatable bonds is 5. The van der Waals surface area contributed by atoms with E-state index in [4.69, 9.17) is 8.92 Å². The highest BCUT2D eigenvalue weighted by atomic mass is 32.2. The summed E-state index contributed by atoms with van der Waals surface area (Å²) in [4.78, 5) is 35.2. The number of fused-ring (bicyclic) bond motifs is 1. The van der Waals surface area contributed by atoms with Gasteiger partial charge in [0.1, 0.15) is 6.10 Å². The Kier molecular flexibility index (Phi) is 3.91. The third-order valence-electron chi connectivity index (χ3n) is 4.87. The van der Waals surface area contributed by atoms with Crippen molar-refractivity contribution in [3.63, 3.8) is 0 Å². The van der Waals surface area contributed by atoms with Crippen molar-refractivity contribution in [2.24, 2.45) is 11.8 Å². The Morgan fingerprint density at radius 2 is 2.04 bits per heavy atom. The third-order valence-corrected chi connectivity index (χ3v) is 6.90. The molecule has 1 heterocycles. The number of ether oxygens (including phenoxy) is 3. The lowest BCUT2D eigenvalue weighted by Crippen LogP contribution is -2.58. The van der Waals surface area contributed by atoms with Gasteiger partial charge < -0.3 is 14.2 Å². The zero-order chi connectivity index (χ0) is 17.7. The van der Waals surface area contributed by atoms with Crippen LogP contribution in [0, 0.1) is 11.8 Å². The molecule has 1 saturated heterocycles. The second kappa shape index (κ2) is 5.55. The van der Waals surface area contributed by atoms with E-state index in [1.54, 1.807) is 0 Å². The van der Waals surface area contributed by atoms with Gasteiger partial charge in [-0.1, -0.05) is 6.58 Å². The van der Waals surface area contributed by atoms with Gasteiger partial charge in [0.2, 0.25) is 4.75 Å². The molecule has 0 aromatic carbocycles. The van der Waals surface area contributed by atoms with E-state index in [0.717, 1.165) is 13.2 Å². The Labute approximate surface area is 138 Å². The average molecular weight is 360 g/mol. The summed E-state index contributed by atoms with van der Waals surface area (Å²) in [5.41, 5.74) is 0. The Balaban J connectivity index is 1.87. The second-order valence-corrected chi connectivity index (χ2v) is 7.71. The molecule has 0 aromatic heterocycles. The molecule has 132 valence electrons. The summed E-state index contributed by atoms with van der Waals surface area (Å²) in [5.74, 6) is -3.73. The van der Waals surface area contributed by atoms with Crippen molar-refractivity contribution in [3.8, 4) is 0 Å². The third kappa shape index (κ3) is 2.09. The first-order valence-electron chi connectivity index (χ1n) is 7.27. The lowest BCUT2D eigenvalue weighted by molar-refractivity contribution is -0.167. The van der Waals surface area contributed by atoms with E-state index < -0.39 is 57.5 Å². The van der Waals surface area contributed by atoms with Gasteiger partial charge in [0.05, 0.1) is 13.2 Å². The van der Waals surface area contributed by atoms with E-state index in [-0.39, 0.29) is 5.92 Å². The Hall–Kier alpha value is -1.94. The van der Waals surface area contributed by atoms with Crippen LogP contribution in [-0.2, 0) is 42.9 Å². The summed E-state index contributed by atoms with van der Waals surface area (Å²) < 4.78 is 42.5. The Morgan fingerprint density at radius 3 is 2.67 bits per heavy atom. The maximum Gasteiger partial charge on any atom is 0.344 e. The number of carbonyl (C=O) groups excluding carboxylic acids is 3. The van der Waals surface area contributed by atoms with Crippen molar-refractivity contribution in [1.82, 2.24) is 0 Å². The van der Waals surface area contributed by atoms with E-state index in [1.165, 1.54) is 0 Å². The van der Waals surface area contributed by atoms with Crippen molar-refractivity contribution in [2.45, 2.75) is 29.8 Å². The highest BCUT2D eigenvalue weighted by molar-refractivity contribution is 7.89. The Bertz CT molecular complexity index is 712. The number of carbonyl (C=O) groups is 3. The first-order valence-corrected chi connectivity index (χ1v) is 8.68. The van der Waals surface area contributed by atoms with Crippen molar-refractivity contribution in [2.75, 3.05) is 13.7 Å². The van der Waals surface area contributed by atoms with Crippen LogP contribution >= 0.6 is 0 Å². The largest absolute Gasteiger partial charge is 0.468 e. The van der Waals surface area contributed by atoms with Gasteiger partial charge in [-0.15, -0.1) is 0 Å².